The minimum atomic E-state index is 0.620. The van der Waals surface area contributed by atoms with Crippen molar-refractivity contribution in [2.24, 2.45) is 10.7 Å². The molecule has 3 nitrogen and oxygen atoms in total. The standard InChI is InChI=1S/C8H10BrN3/c1-2-8(10)12-7-3-6(9)4-11-5-7/h3-5H,2H2,1H3,(H2,10,12). The van der Waals surface area contributed by atoms with E-state index in [1.165, 1.54) is 0 Å². The Kier molecular flexibility index (Phi) is 3.22. The van der Waals surface area contributed by atoms with Crippen molar-refractivity contribution in [2.45, 2.75) is 13.3 Å². The Labute approximate surface area is 79.8 Å². The first-order valence-corrected chi connectivity index (χ1v) is 4.45. The lowest BCUT2D eigenvalue weighted by Gasteiger charge is -1.96. The summed E-state index contributed by atoms with van der Waals surface area (Å²) in [5.74, 6) is 0.620. The molecule has 1 aromatic heterocycles. The van der Waals surface area contributed by atoms with Crippen LogP contribution in [0.25, 0.3) is 0 Å². The van der Waals surface area contributed by atoms with Gasteiger partial charge in [-0.1, -0.05) is 6.92 Å². The van der Waals surface area contributed by atoms with Gasteiger partial charge in [-0.15, -0.1) is 0 Å². The second-order valence-electron chi connectivity index (χ2n) is 2.32. The number of aromatic nitrogens is 1. The van der Waals surface area contributed by atoms with Crippen LogP contribution in [0, 0.1) is 0 Å². The van der Waals surface area contributed by atoms with E-state index < -0.39 is 0 Å². The Hall–Kier alpha value is -0.900. The largest absolute Gasteiger partial charge is 0.387 e. The summed E-state index contributed by atoms with van der Waals surface area (Å²) in [7, 11) is 0. The fourth-order valence-corrected chi connectivity index (χ4v) is 1.06. The SMILES string of the molecule is CCC(N)=Nc1cncc(Br)c1. The molecule has 12 heavy (non-hydrogen) atoms. The summed E-state index contributed by atoms with van der Waals surface area (Å²) in [5, 5.41) is 0. The molecule has 0 fully saturated rings. The Morgan fingerprint density at radius 1 is 1.67 bits per heavy atom. The van der Waals surface area contributed by atoms with Crippen molar-refractivity contribution in [3.05, 3.63) is 22.9 Å². The van der Waals surface area contributed by atoms with Gasteiger partial charge in [-0.2, -0.15) is 0 Å². The van der Waals surface area contributed by atoms with Gasteiger partial charge in [-0.05, 0) is 22.0 Å². The van der Waals surface area contributed by atoms with Gasteiger partial charge < -0.3 is 5.73 Å². The molecule has 1 aromatic rings. The van der Waals surface area contributed by atoms with E-state index in [1.54, 1.807) is 12.4 Å². The highest BCUT2D eigenvalue weighted by Crippen LogP contribution is 2.16. The topological polar surface area (TPSA) is 51.3 Å². The molecular weight excluding hydrogens is 218 g/mol. The molecule has 0 saturated carbocycles. The van der Waals surface area contributed by atoms with E-state index in [2.05, 4.69) is 25.9 Å². The first-order chi connectivity index (χ1) is 5.72. The van der Waals surface area contributed by atoms with Crippen molar-refractivity contribution in [2.75, 3.05) is 0 Å². The van der Waals surface area contributed by atoms with E-state index in [4.69, 9.17) is 5.73 Å². The molecule has 0 bridgehead atoms. The summed E-state index contributed by atoms with van der Waals surface area (Å²) in [4.78, 5) is 8.10. The number of aliphatic imine (C=N–C) groups is 1. The molecule has 0 aromatic carbocycles. The molecule has 0 saturated heterocycles. The molecular formula is C8H10BrN3. The molecule has 0 spiro atoms. The highest BCUT2D eigenvalue weighted by molar-refractivity contribution is 9.10. The fourth-order valence-electron chi connectivity index (χ4n) is 0.707. The van der Waals surface area contributed by atoms with Gasteiger partial charge in [0.2, 0.25) is 0 Å². The van der Waals surface area contributed by atoms with E-state index in [1.807, 2.05) is 13.0 Å². The van der Waals surface area contributed by atoms with Crippen LogP contribution in [-0.4, -0.2) is 10.8 Å². The van der Waals surface area contributed by atoms with Crippen LogP contribution >= 0.6 is 15.9 Å². The zero-order chi connectivity index (χ0) is 8.97. The highest BCUT2D eigenvalue weighted by atomic mass is 79.9. The molecule has 0 aliphatic heterocycles. The summed E-state index contributed by atoms with van der Waals surface area (Å²) >= 11 is 3.30. The van der Waals surface area contributed by atoms with E-state index in [0.29, 0.717) is 5.84 Å². The summed E-state index contributed by atoms with van der Waals surface area (Å²) in [6.45, 7) is 1.96. The minimum absolute atomic E-state index is 0.620. The molecule has 0 radical (unpaired) electrons. The second-order valence-corrected chi connectivity index (χ2v) is 3.23. The van der Waals surface area contributed by atoms with Crippen molar-refractivity contribution in [1.29, 1.82) is 0 Å². The number of hydrogen-bond donors (Lipinski definition) is 1. The Morgan fingerprint density at radius 2 is 2.42 bits per heavy atom. The molecule has 4 heteroatoms. The van der Waals surface area contributed by atoms with E-state index in [0.717, 1.165) is 16.6 Å². The Balaban J connectivity index is 2.89. The number of hydrogen-bond acceptors (Lipinski definition) is 2. The van der Waals surface area contributed by atoms with Crippen LogP contribution < -0.4 is 5.73 Å². The van der Waals surface area contributed by atoms with Crippen molar-refractivity contribution in [1.82, 2.24) is 4.98 Å². The quantitative estimate of drug-likeness (QED) is 0.623. The predicted octanol–water partition coefficient (Wildman–Crippen LogP) is 2.24. The van der Waals surface area contributed by atoms with E-state index >= 15 is 0 Å². The van der Waals surface area contributed by atoms with Gasteiger partial charge in [0.25, 0.3) is 0 Å². The molecule has 0 aliphatic carbocycles. The lowest BCUT2D eigenvalue weighted by molar-refractivity contribution is 1.22. The summed E-state index contributed by atoms with van der Waals surface area (Å²) < 4.78 is 0.910. The number of pyridine rings is 1. The lowest BCUT2D eigenvalue weighted by atomic mass is 10.4. The summed E-state index contributed by atoms with van der Waals surface area (Å²) in [5.41, 5.74) is 6.34. The van der Waals surface area contributed by atoms with Crippen LogP contribution in [0.5, 0.6) is 0 Å². The van der Waals surface area contributed by atoms with Crippen LogP contribution in [0.1, 0.15) is 13.3 Å². The van der Waals surface area contributed by atoms with Crippen LogP contribution in [0.2, 0.25) is 0 Å². The smallest absolute Gasteiger partial charge is 0.0994 e. The van der Waals surface area contributed by atoms with Gasteiger partial charge in [-0.3, -0.25) is 4.98 Å². The Bertz CT molecular complexity index is 296. The molecule has 0 unspecified atom stereocenters. The Morgan fingerprint density at radius 3 is 3.00 bits per heavy atom. The van der Waals surface area contributed by atoms with Crippen LogP contribution in [0.15, 0.2) is 27.9 Å². The first-order valence-electron chi connectivity index (χ1n) is 3.66. The maximum absolute atomic E-state index is 5.56. The van der Waals surface area contributed by atoms with Crippen LogP contribution in [-0.2, 0) is 0 Å². The maximum atomic E-state index is 5.56. The third-order valence-corrected chi connectivity index (χ3v) is 1.76. The van der Waals surface area contributed by atoms with Crippen molar-refractivity contribution in [3.63, 3.8) is 0 Å². The molecule has 0 amide bonds. The van der Waals surface area contributed by atoms with Crippen LogP contribution in [0.4, 0.5) is 5.69 Å². The normalized spacial score (nSPS) is 11.7. The average Bonchev–Trinajstić information content (AvgIpc) is 2.04. The third-order valence-electron chi connectivity index (χ3n) is 1.33. The summed E-state index contributed by atoms with van der Waals surface area (Å²) in [6, 6.07) is 1.87. The average molecular weight is 228 g/mol. The van der Waals surface area contributed by atoms with E-state index in [-0.39, 0.29) is 0 Å². The fraction of sp³-hybridized carbons (Fsp3) is 0.250. The van der Waals surface area contributed by atoms with Gasteiger partial charge in [0.1, 0.15) is 0 Å². The van der Waals surface area contributed by atoms with Gasteiger partial charge in [0, 0.05) is 17.1 Å². The zero-order valence-electron chi connectivity index (χ0n) is 6.79. The van der Waals surface area contributed by atoms with Crippen molar-refractivity contribution in [3.8, 4) is 0 Å². The molecule has 0 aliphatic rings. The summed E-state index contributed by atoms with van der Waals surface area (Å²) in [6.07, 6.45) is 4.14. The maximum Gasteiger partial charge on any atom is 0.0994 e. The number of nitrogens with zero attached hydrogens (tertiary/aromatic N) is 2. The van der Waals surface area contributed by atoms with Crippen LogP contribution in [0.3, 0.4) is 0 Å². The van der Waals surface area contributed by atoms with Gasteiger partial charge in [0.15, 0.2) is 0 Å². The molecule has 1 rings (SSSR count). The molecule has 2 N–H and O–H groups in total. The van der Waals surface area contributed by atoms with Gasteiger partial charge in [0.05, 0.1) is 17.7 Å². The first kappa shape index (κ1) is 9.19. The van der Waals surface area contributed by atoms with Crippen molar-refractivity contribution < 1.29 is 0 Å². The number of rotatable bonds is 2. The number of nitrogens with two attached hydrogens (primary N) is 1. The lowest BCUT2D eigenvalue weighted by Crippen LogP contribution is -2.08. The minimum Gasteiger partial charge on any atom is -0.387 e. The highest BCUT2D eigenvalue weighted by Gasteiger charge is 1.92. The van der Waals surface area contributed by atoms with Crippen molar-refractivity contribution >= 4 is 27.5 Å². The van der Waals surface area contributed by atoms with Gasteiger partial charge >= 0.3 is 0 Å². The van der Waals surface area contributed by atoms with Gasteiger partial charge in [-0.25, -0.2) is 4.99 Å². The third kappa shape index (κ3) is 2.62. The van der Waals surface area contributed by atoms with E-state index in [9.17, 15) is 0 Å². The zero-order valence-corrected chi connectivity index (χ0v) is 8.37. The predicted molar refractivity (Wildman–Crippen MR) is 53.5 cm³/mol. The molecule has 64 valence electrons. The molecule has 0 atom stereocenters. The number of amidine groups is 1. The second kappa shape index (κ2) is 4.21. The monoisotopic (exact) mass is 227 g/mol. The molecule has 1 heterocycles. The number of halogens is 1.